The van der Waals surface area contributed by atoms with Crippen LogP contribution in [0.2, 0.25) is 0 Å². The maximum Gasteiger partial charge on any atom is 0.375 e. The summed E-state index contributed by atoms with van der Waals surface area (Å²) in [6.07, 6.45) is 2.89. The summed E-state index contributed by atoms with van der Waals surface area (Å²) in [4.78, 5) is 11.4. The molecule has 0 amide bonds. The van der Waals surface area contributed by atoms with Crippen LogP contribution >= 0.6 is 12.6 Å². The third-order valence-corrected chi connectivity index (χ3v) is 2.09. The van der Waals surface area contributed by atoms with Crippen molar-refractivity contribution in [3.63, 3.8) is 0 Å². The lowest BCUT2D eigenvalue weighted by atomic mass is 10.4. The average molecular weight is 224 g/mol. The lowest BCUT2D eigenvalue weighted by molar-refractivity contribution is 0.0395. The Morgan fingerprint density at radius 2 is 2.00 bits per heavy atom. The van der Waals surface area contributed by atoms with Gasteiger partial charge in [0, 0.05) is 0 Å². The van der Waals surface area contributed by atoms with E-state index in [2.05, 4.69) is 12.6 Å². The van der Waals surface area contributed by atoms with Crippen LogP contribution in [-0.2, 0) is 4.74 Å². The highest BCUT2D eigenvalue weighted by Gasteiger charge is 2.17. The average Bonchev–Trinajstić information content (AvgIpc) is 2.91. The van der Waals surface area contributed by atoms with E-state index >= 15 is 0 Å². The second kappa shape index (κ2) is 4.27. The molecule has 0 aliphatic carbocycles. The Bertz CT molecular complexity index is 418. The molecule has 0 aliphatic heterocycles. The van der Waals surface area contributed by atoms with Gasteiger partial charge in [0.15, 0.2) is 5.76 Å². The Balaban J connectivity index is 2.01. The summed E-state index contributed by atoms with van der Waals surface area (Å²) in [6.45, 7) is 0. The van der Waals surface area contributed by atoms with E-state index in [1.807, 2.05) is 0 Å². The number of esters is 1. The zero-order valence-electron chi connectivity index (χ0n) is 7.62. The zero-order valence-corrected chi connectivity index (χ0v) is 8.52. The molecule has 1 atom stereocenters. The first kappa shape index (κ1) is 9.92. The molecular weight excluding hydrogens is 216 g/mol. The maximum atomic E-state index is 11.4. The fraction of sp³-hybridized carbons (Fsp3) is 0.100. The molecule has 0 aromatic carbocycles. The van der Waals surface area contributed by atoms with Gasteiger partial charge in [-0.2, -0.15) is 0 Å². The van der Waals surface area contributed by atoms with Gasteiger partial charge in [0.05, 0.1) is 12.5 Å². The van der Waals surface area contributed by atoms with E-state index in [1.54, 1.807) is 18.2 Å². The first-order valence-electron chi connectivity index (χ1n) is 4.23. The number of ether oxygens (including phenoxy) is 1. The number of hydrogen-bond acceptors (Lipinski definition) is 5. The van der Waals surface area contributed by atoms with Gasteiger partial charge in [0.25, 0.3) is 0 Å². The summed E-state index contributed by atoms with van der Waals surface area (Å²) in [5.74, 6) is 0.0373. The second-order valence-corrected chi connectivity index (χ2v) is 3.22. The smallest absolute Gasteiger partial charge is 0.375 e. The molecule has 0 spiro atoms. The second-order valence-electron chi connectivity index (χ2n) is 2.75. The van der Waals surface area contributed by atoms with E-state index in [1.165, 1.54) is 18.6 Å². The molecule has 0 bridgehead atoms. The summed E-state index contributed by atoms with van der Waals surface area (Å²) in [5, 5.41) is 0. The van der Waals surface area contributed by atoms with Crippen molar-refractivity contribution in [2.24, 2.45) is 0 Å². The van der Waals surface area contributed by atoms with Crippen LogP contribution < -0.4 is 0 Å². The molecule has 5 heteroatoms. The number of carbonyl (C=O) groups is 1. The summed E-state index contributed by atoms with van der Waals surface area (Å²) >= 11 is 4.08. The number of hydrogen-bond donors (Lipinski definition) is 1. The highest BCUT2D eigenvalue weighted by molar-refractivity contribution is 7.80. The van der Waals surface area contributed by atoms with Gasteiger partial charge in [-0.05, 0) is 24.3 Å². The van der Waals surface area contributed by atoms with E-state index in [0.717, 1.165) is 0 Å². The minimum absolute atomic E-state index is 0.139. The summed E-state index contributed by atoms with van der Waals surface area (Å²) in [5.41, 5.74) is -0.724. The van der Waals surface area contributed by atoms with Gasteiger partial charge in [0.2, 0.25) is 11.2 Å². The fourth-order valence-corrected chi connectivity index (χ4v) is 1.29. The topological polar surface area (TPSA) is 52.6 Å². The summed E-state index contributed by atoms with van der Waals surface area (Å²) < 4.78 is 14.9. The highest BCUT2D eigenvalue weighted by Crippen LogP contribution is 2.22. The molecular formula is C10H8O4S. The normalized spacial score (nSPS) is 12.3. The van der Waals surface area contributed by atoms with Crippen molar-refractivity contribution in [1.82, 2.24) is 0 Å². The molecule has 2 rings (SSSR count). The van der Waals surface area contributed by atoms with Crippen LogP contribution in [0.1, 0.15) is 21.8 Å². The quantitative estimate of drug-likeness (QED) is 0.494. The minimum Gasteiger partial charge on any atom is -0.464 e. The van der Waals surface area contributed by atoms with Crippen molar-refractivity contribution in [1.29, 1.82) is 0 Å². The van der Waals surface area contributed by atoms with Crippen molar-refractivity contribution in [3.8, 4) is 0 Å². The van der Waals surface area contributed by atoms with Crippen molar-refractivity contribution in [3.05, 3.63) is 48.3 Å². The number of furan rings is 2. The Morgan fingerprint density at radius 3 is 2.60 bits per heavy atom. The van der Waals surface area contributed by atoms with Crippen LogP contribution in [-0.4, -0.2) is 5.97 Å². The van der Waals surface area contributed by atoms with Crippen molar-refractivity contribution in [2.45, 2.75) is 5.44 Å². The molecule has 0 fully saturated rings. The predicted molar refractivity (Wildman–Crippen MR) is 54.6 cm³/mol. The largest absolute Gasteiger partial charge is 0.464 e. The highest BCUT2D eigenvalue weighted by atomic mass is 32.1. The van der Waals surface area contributed by atoms with Crippen LogP contribution in [0.3, 0.4) is 0 Å². The van der Waals surface area contributed by atoms with Crippen molar-refractivity contribution in [2.75, 3.05) is 0 Å². The van der Waals surface area contributed by atoms with Crippen molar-refractivity contribution < 1.29 is 18.4 Å². The third kappa shape index (κ3) is 2.24. The maximum absolute atomic E-state index is 11.4. The Kier molecular flexibility index (Phi) is 2.82. The molecule has 0 saturated carbocycles. The zero-order chi connectivity index (χ0) is 10.7. The number of rotatable bonds is 3. The van der Waals surface area contributed by atoms with E-state index in [-0.39, 0.29) is 5.76 Å². The predicted octanol–water partition coefficient (Wildman–Crippen LogP) is 2.66. The first-order chi connectivity index (χ1) is 7.27. The Morgan fingerprint density at radius 1 is 1.27 bits per heavy atom. The fourth-order valence-electron chi connectivity index (χ4n) is 1.04. The van der Waals surface area contributed by atoms with Crippen LogP contribution in [0, 0.1) is 0 Å². The van der Waals surface area contributed by atoms with Gasteiger partial charge in [0.1, 0.15) is 0 Å². The summed E-state index contributed by atoms with van der Waals surface area (Å²) in [7, 11) is 0. The Hall–Kier alpha value is -1.62. The molecule has 0 radical (unpaired) electrons. The lowest BCUT2D eigenvalue weighted by Crippen LogP contribution is -2.06. The molecule has 15 heavy (non-hydrogen) atoms. The van der Waals surface area contributed by atoms with E-state index in [0.29, 0.717) is 5.76 Å². The molecule has 4 nitrogen and oxygen atoms in total. The van der Waals surface area contributed by atoms with Gasteiger partial charge in [-0.25, -0.2) is 4.79 Å². The van der Waals surface area contributed by atoms with E-state index < -0.39 is 11.4 Å². The van der Waals surface area contributed by atoms with Crippen LogP contribution in [0.15, 0.2) is 45.6 Å². The number of carbonyl (C=O) groups excluding carboxylic acids is 1. The molecule has 0 saturated heterocycles. The molecule has 2 aromatic heterocycles. The van der Waals surface area contributed by atoms with Gasteiger partial charge >= 0.3 is 5.97 Å². The molecule has 2 aromatic rings. The molecule has 2 heterocycles. The number of thiol groups is 1. The van der Waals surface area contributed by atoms with Crippen LogP contribution in [0.4, 0.5) is 0 Å². The monoisotopic (exact) mass is 224 g/mol. The SMILES string of the molecule is O=C(OC(S)c1ccco1)c1ccco1. The van der Waals surface area contributed by atoms with Crippen LogP contribution in [0.5, 0.6) is 0 Å². The van der Waals surface area contributed by atoms with Crippen molar-refractivity contribution >= 4 is 18.6 Å². The van der Waals surface area contributed by atoms with E-state index in [4.69, 9.17) is 13.6 Å². The minimum atomic E-state index is -0.724. The summed E-state index contributed by atoms with van der Waals surface area (Å²) in [6, 6.07) is 6.49. The van der Waals surface area contributed by atoms with Gasteiger partial charge < -0.3 is 13.6 Å². The van der Waals surface area contributed by atoms with Crippen LogP contribution in [0.25, 0.3) is 0 Å². The molecule has 0 N–H and O–H groups in total. The van der Waals surface area contributed by atoms with Gasteiger partial charge in [-0.15, -0.1) is 12.6 Å². The molecule has 78 valence electrons. The third-order valence-electron chi connectivity index (χ3n) is 1.73. The van der Waals surface area contributed by atoms with Gasteiger partial charge in [-0.1, -0.05) is 0 Å². The van der Waals surface area contributed by atoms with E-state index in [9.17, 15) is 4.79 Å². The Labute approximate surface area is 91.2 Å². The molecule has 1 unspecified atom stereocenters. The lowest BCUT2D eigenvalue weighted by Gasteiger charge is -2.07. The molecule has 0 aliphatic rings. The first-order valence-corrected chi connectivity index (χ1v) is 4.75. The van der Waals surface area contributed by atoms with Gasteiger partial charge in [-0.3, -0.25) is 0 Å². The standard InChI is InChI=1S/C10H8O4S/c11-9(7-3-1-5-12-7)14-10(15)8-4-2-6-13-8/h1-6,10,15H.